The number of halogens is 1. The van der Waals surface area contributed by atoms with Gasteiger partial charge in [0.25, 0.3) is 0 Å². The predicted octanol–water partition coefficient (Wildman–Crippen LogP) is 2.53. The van der Waals surface area contributed by atoms with E-state index in [4.69, 9.17) is 11.6 Å². The number of carbonyl (C=O) groups excluding carboxylic acids is 1. The first-order chi connectivity index (χ1) is 6.81. The minimum Gasteiger partial charge on any atom is -0.364 e. The summed E-state index contributed by atoms with van der Waals surface area (Å²) in [6, 6.07) is 5.39. The summed E-state index contributed by atoms with van der Waals surface area (Å²) in [5, 5.41) is 0.600. The maximum atomic E-state index is 10.8. The molecule has 1 aromatic rings. The summed E-state index contributed by atoms with van der Waals surface area (Å²) in [5.74, 6) is 0. The Balaban J connectivity index is 2.36. The highest BCUT2D eigenvalue weighted by Crippen LogP contribution is 2.24. The molecule has 0 unspecified atom stereocenters. The van der Waals surface area contributed by atoms with Crippen molar-refractivity contribution in [2.45, 2.75) is 0 Å². The Morgan fingerprint density at radius 2 is 2.00 bits per heavy atom. The van der Waals surface area contributed by atoms with Gasteiger partial charge in [-0.1, -0.05) is 23.8 Å². The molecule has 1 aliphatic rings. The summed E-state index contributed by atoms with van der Waals surface area (Å²) < 4.78 is 0. The fourth-order valence-electron chi connectivity index (χ4n) is 1.58. The van der Waals surface area contributed by atoms with Crippen LogP contribution in [-0.4, -0.2) is 19.4 Å². The van der Waals surface area contributed by atoms with E-state index in [0.717, 1.165) is 25.1 Å². The van der Waals surface area contributed by atoms with E-state index in [-0.39, 0.29) is 0 Å². The van der Waals surface area contributed by atoms with Gasteiger partial charge in [-0.15, -0.1) is 0 Å². The quantitative estimate of drug-likeness (QED) is 0.549. The predicted molar refractivity (Wildman–Crippen MR) is 58.2 cm³/mol. The zero-order valence-corrected chi connectivity index (χ0v) is 8.37. The van der Waals surface area contributed by atoms with Crippen LogP contribution in [0.5, 0.6) is 0 Å². The molecule has 0 aliphatic carbocycles. The third-order valence-electron chi connectivity index (χ3n) is 2.28. The van der Waals surface area contributed by atoms with Gasteiger partial charge in [0.1, 0.15) is 0 Å². The standard InChI is InChI=1S/C11H10ClNO/c12-10-3-4-11(9(7-10)8-14)13-5-1-2-6-13/h1-4,7-8H,5-6H2. The highest BCUT2D eigenvalue weighted by molar-refractivity contribution is 6.31. The van der Waals surface area contributed by atoms with Crippen molar-refractivity contribution >= 4 is 23.6 Å². The molecule has 72 valence electrons. The molecule has 14 heavy (non-hydrogen) atoms. The second kappa shape index (κ2) is 3.84. The molecule has 0 bridgehead atoms. The normalized spacial score (nSPS) is 14.8. The topological polar surface area (TPSA) is 20.3 Å². The van der Waals surface area contributed by atoms with Crippen LogP contribution in [0.2, 0.25) is 5.02 Å². The van der Waals surface area contributed by atoms with Crippen LogP contribution in [0.15, 0.2) is 30.4 Å². The van der Waals surface area contributed by atoms with E-state index in [1.54, 1.807) is 6.07 Å². The van der Waals surface area contributed by atoms with Gasteiger partial charge < -0.3 is 4.90 Å². The van der Waals surface area contributed by atoms with E-state index >= 15 is 0 Å². The zero-order valence-electron chi connectivity index (χ0n) is 7.61. The maximum absolute atomic E-state index is 10.8. The number of nitrogens with zero attached hydrogens (tertiary/aromatic N) is 1. The van der Waals surface area contributed by atoms with Crippen molar-refractivity contribution in [1.82, 2.24) is 0 Å². The van der Waals surface area contributed by atoms with Gasteiger partial charge in [0.2, 0.25) is 0 Å². The number of benzene rings is 1. The molecule has 0 spiro atoms. The highest BCUT2D eigenvalue weighted by Gasteiger charge is 2.11. The summed E-state index contributed by atoms with van der Waals surface area (Å²) in [6.07, 6.45) is 5.02. The van der Waals surface area contributed by atoms with Crippen molar-refractivity contribution in [1.29, 1.82) is 0 Å². The summed E-state index contributed by atoms with van der Waals surface area (Å²) in [4.78, 5) is 13.0. The molecule has 0 saturated carbocycles. The SMILES string of the molecule is O=Cc1cc(Cl)ccc1N1CC=CC1. The van der Waals surface area contributed by atoms with Crippen LogP contribution in [-0.2, 0) is 0 Å². The maximum Gasteiger partial charge on any atom is 0.152 e. The number of carbonyl (C=O) groups is 1. The first-order valence-corrected chi connectivity index (χ1v) is 4.84. The lowest BCUT2D eigenvalue weighted by molar-refractivity contribution is 0.112. The molecule has 1 aromatic carbocycles. The number of aldehydes is 1. The monoisotopic (exact) mass is 207 g/mol. The van der Waals surface area contributed by atoms with E-state index in [9.17, 15) is 4.79 Å². The minimum atomic E-state index is 0.600. The van der Waals surface area contributed by atoms with Gasteiger partial charge in [0, 0.05) is 29.4 Å². The van der Waals surface area contributed by atoms with Gasteiger partial charge in [0.05, 0.1) is 0 Å². The zero-order chi connectivity index (χ0) is 9.97. The van der Waals surface area contributed by atoms with Gasteiger partial charge in [-0.3, -0.25) is 4.79 Å². The van der Waals surface area contributed by atoms with E-state index in [1.165, 1.54) is 0 Å². The third kappa shape index (κ3) is 1.66. The van der Waals surface area contributed by atoms with Crippen molar-refractivity contribution in [2.24, 2.45) is 0 Å². The lowest BCUT2D eigenvalue weighted by Gasteiger charge is -2.19. The molecule has 1 aliphatic heterocycles. The molecule has 2 nitrogen and oxygen atoms in total. The number of anilines is 1. The van der Waals surface area contributed by atoms with Crippen LogP contribution in [0.25, 0.3) is 0 Å². The molecular weight excluding hydrogens is 198 g/mol. The Labute approximate surface area is 87.8 Å². The number of hydrogen-bond acceptors (Lipinski definition) is 2. The fraction of sp³-hybridized carbons (Fsp3) is 0.182. The third-order valence-corrected chi connectivity index (χ3v) is 2.51. The van der Waals surface area contributed by atoms with Crippen molar-refractivity contribution in [3.05, 3.63) is 40.9 Å². The molecule has 0 aromatic heterocycles. The van der Waals surface area contributed by atoms with Crippen molar-refractivity contribution in [3.8, 4) is 0 Å². The number of rotatable bonds is 2. The van der Waals surface area contributed by atoms with Crippen LogP contribution >= 0.6 is 11.6 Å². The van der Waals surface area contributed by atoms with Gasteiger partial charge in [-0.25, -0.2) is 0 Å². The van der Waals surface area contributed by atoms with Crippen LogP contribution in [0.3, 0.4) is 0 Å². The molecule has 0 fully saturated rings. The smallest absolute Gasteiger partial charge is 0.152 e. The minimum absolute atomic E-state index is 0.600. The fourth-order valence-corrected chi connectivity index (χ4v) is 1.76. The van der Waals surface area contributed by atoms with Crippen LogP contribution < -0.4 is 4.90 Å². The summed E-state index contributed by atoms with van der Waals surface area (Å²) in [7, 11) is 0. The van der Waals surface area contributed by atoms with Gasteiger partial charge >= 0.3 is 0 Å². The van der Waals surface area contributed by atoms with E-state index in [2.05, 4.69) is 17.1 Å². The second-order valence-corrected chi connectivity index (χ2v) is 3.63. The molecule has 0 N–H and O–H groups in total. The number of hydrogen-bond donors (Lipinski definition) is 0. The molecule has 3 heteroatoms. The van der Waals surface area contributed by atoms with Crippen LogP contribution in [0.4, 0.5) is 5.69 Å². The van der Waals surface area contributed by atoms with E-state index in [0.29, 0.717) is 10.6 Å². The Bertz CT molecular complexity index is 379. The molecule has 1 heterocycles. The van der Waals surface area contributed by atoms with Crippen LogP contribution in [0.1, 0.15) is 10.4 Å². The summed E-state index contributed by atoms with van der Waals surface area (Å²) >= 11 is 5.81. The molecular formula is C11H10ClNO. The lowest BCUT2D eigenvalue weighted by Crippen LogP contribution is -2.19. The first-order valence-electron chi connectivity index (χ1n) is 4.46. The molecule has 2 rings (SSSR count). The van der Waals surface area contributed by atoms with Gasteiger partial charge in [-0.2, -0.15) is 0 Å². The van der Waals surface area contributed by atoms with E-state index < -0.39 is 0 Å². The van der Waals surface area contributed by atoms with E-state index in [1.807, 2.05) is 12.1 Å². The Morgan fingerprint density at radius 3 is 2.64 bits per heavy atom. The van der Waals surface area contributed by atoms with Crippen molar-refractivity contribution in [2.75, 3.05) is 18.0 Å². The highest BCUT2D eigenvalue weighted by atomic mass is 35.5. The molecule has 0 saturated heterocycles. The lowest BCUT2D eigenvalue weighted by atomic mass is 10.2. The average molecular weight is 208 g/mol. The molecule has 0 radical (unpaired) electrons. The average Bonchev–Trinajstić information content (AvgIpc) is 2.70. The largest absolute Gasteiger partial charge is 0.364 e. The van der Waals surface area contributed by atoms with Crippen molar-refractivity contribution in [3.63, 3.8) is 0 Å². The Kier molecular flexibility index (Phi) is 2.55. The van der Waals surface area contributed by atoms with Crippen LogP contribution in [0, 0.1) is 0 Å². The van der Waals surface area contributed by atoms with Gasteiger partial charge in [-0.05, 0) is 18.2 Å². The molecule has 0 atom stereocenters. The Hall–Kier alpha value is -1.28. The van der Waals surface area contributed by atoms with Crippen molar-refractivity contribution < 1.29 is 4.79 Å². The molecule has 0 amide bonds. The summed E-state index contributed by atoms with van der Waals surface area (Å²) in [5.41, 5.74) is 1.61. The summed E-state index contributed by atoms with van der Waals surface area (Å²) in [6.45, 7) is 1.73. The van der Waals surface area contributed by atoms with Gasteiger partial charge in [0.15, 0.2) is 6.29 Å². The first kappa shape index (κ1) is 9.28. The second-order valence-electron chi connectivity index (χ2n) is 3.20. The Morgan fingerprint density at radius 1 is 1.29 bits per heavy atom.